The van der Waals surface area contributed by atoms with Crippen molar-refractivity contribution in [3.05, 3.63) is 41.7 Å². The summed E-state index contributed by atoms with van der Waals surface area (Å²) < 4.78 is 5.83. The van der Waals surface area contributed by atoms with Crippen molar-refractivity contribution in [3.8, 4) is 0 Å². The molecule has 24 heavy (non-hydrogen) atoms. The van der Waals surface area contributed by atoms with E-state index in [9.17, 15) is 4.79 Å². The fourth-order valence-electron chi connectivity index (χ4n) is 2.67. The Morgan fingerprint density at radius 3 is 2.71 bits per heavy atom. The highest BCUT2D eigenvalue weighted by molar-refractivity contribution is 5.90. The molecule has 1 N–H and O–H groups in total. The Morgan fingerprint density at radius 2 is 2.04 bits per heavy atom. The number of tetrazole rings is 1. The molecule has 2 atom stereocenters. The van der Waals surface area contributed by atoms with E-state index in [0.717, 1.165) is 18.4 Å². The molecule has 0 aliphatic carbocycles. The Labute approximate surface area is 141 Å². The van der Waals surface area contributed by atoms with Crippen molar-refractivity contribution in [2.75, 3.05) is 6.61 Å². The van der Waals surface area contributed by atoms with Gasteiger partial charge in [0.05, 0.1) is 11.6 Å². The minimum atomic E-state index is -0.303. The maximum atomic E-state index is 12.4. The lowest BCUT2D eigenvalue weighted by Crippen LogP contribution is -2.40. The molecule has 1 fully saturated rings. The summed E-state index contributed by atoms with van der Waals surface area (Å²) >= 11 is 0. The van der Waals surface area contributed by atoms with Crippen molar-refractivity contribution < 1.29 is 9.53 Å². The molecule has 0 saturated carbocycles. The summed E-state index contributed by atoms with van der Waals surface area (Å²) in [6.45, 7) is 6.49. The number of hydrogen-bond donors (Lipinski definition) is 1. The van der Waals surface area contributed by atoms with E-state index < -0.39 is 0 Å². The third-order valence-corrected chi connectivity index (χ3v) is 4.01. The standard InChI is InChI=1S/C17H23N5O2/c1-17(2,3)22-20-15(19-21-22)16(23)18-13-9-10-24-14(11-13)12-7-5-4-6-8-12/h4-8,13-14H,9-11H2,1-3H3,(H,18,23)/t13-,14-/m0/s1. The number of amides is 1. The van der Waals surface area contributed by atoms with E-state index in [0.29, 0.717) is 6.61 Å². The highest BCUT2D eigenvalue weighted by Gasteiger charge is 2.27. The second-order valence-corrected chi connectivity index (χ2v) is 7.04. The van der Waals surface area contributed by atoms with Gasteiger partial charge >= 0.3 is 0 Å². The van der Waals surface area contributed by atoms with Crippen molar-refractivity contribution in [1.29, 1.82) is 0 Å². The molecule has 7 nitrogen and oxygen atoms in total. The lowest BCUT2D eigenvalue weighted by atomic mass is 9.97. The Hall–Kier alpha value is -2.28. The second-order valence-electron chi connectivity index (χ2n) is 7.04. The average molecular weight is 329 g/mol. The minimum absolute atomic E-state index is 0.00321. The number of nitrogens with one attached hydrogen (secondary N) is 1. The Morgan fingerprint density at radius 1 is 1.29 bits per heavy atom. The van der Waals surface area contributed by atoms with E-state index in [1.54, 1.807) is 0 Å². The van der Waals surface area contributed by atoms with Crippen LogP contribution < -0.4 is 5.32 Å². The lowest BCUT2D eigenvalue weighted by molar-refractivity contribution is 0.000824. The van der Waals surface area contributed by atoms with Crippen molar-refractivity contribution in [2.24, 2.45) is 0 Å². The van der Waals surface area contributed by atoms with Gasteiger partial charge in [0.25, 0.3) is 11.7 Å². The molecule has 1 aliphatic heterocycles. The number of nitrogens with zero attached hydrogens (tertiary/aromatic N) is 4. The van der Waals surface area contributed by atoms with Gasteiger partial charge in [-0.15, -0.1) is 10.2 Å². The van der Waals surface area contributed by atoms with Gasteiger partial charge in [-0.25, -0.2) is 0 Å². The largest absolute Gasteiger partial charge is 0.373 e. The molecule has 1 aromatic heterocycles. The molecule has 1 saturated heterocycles. The van der Waals surface area contributed by atoms with Crippen LogP contribution in [0.4, 0.5) is 0 Å². The molecule has 128 valence electrons. The maximum Gasteiger partial charge on any atom is 0.293 e. The fraction of sp³-hybridized carbons (Fsp3) is 0.529. The first-order valence-corrected chi connectivity index (χ1v) is 8.21. The molecule has 2 aromatic rings. The predicted molar refractivity (Wildman–Crippen MR) is 88.4 cm³/mol. The van der Waals surface area contributed by atoms with E-state index in [2.05, 4.69) is 20.7 Å². The monoisotopic (exact) mass is 329 g/mol. The van der Waals surface area contributed by atoms with Gasteiger partial charge in [-0.2, -0.15) is 4.80 Å². The first kappa shape index (κ1) is 16.6. The number of carbonyl (C=O) groups excluding carboxylic acids is 1. The van der Waals surface area contributed by atoms with Crippen molar-refractivity contribution in [1.82, 2.24) is 25.5 Å². The minimum Gasteiger partial charge on any atom is -0.373 e. The molecule has 1 aliphatic rings. The summed E-state index contributed by atoms with van der Waals surface area (Å²) in [7, 11) is 0. The molecule has 2 heterocycles. The summed E-state index contributed by atoms with van der Waals surface area (Å²) in [4.78, 5) is 13.8. The summed E-state index contributed by atoms with van der Waals surface area (Å²) in [5, 5.41) is 15.0. The van der Waals surface area contributed by atoms with Crippen LogP contribution in [0.3, 0.4) is 0 Å². The van der Waals surface area contributed by atoms with E-state index in [-0.39, 0.29) is 29.4 Å². The second kappa shape index (κ2) is 6.68. The Bertz CT molecular complexity index is 693. The third-order valence-electron chi connectivity index (χ3n) is 4.01. The zero-order valence-corrected chi connectivity index (χ0v) is 14.3. The third kappa shape index (κ3) is 3.79. The number of hydrogen-bond acceptors (Lipinski definition) is 5. The zero-order valence-electron chi connectivity index (χ0n) is 14.3. The van der Waals surface area contributed by atoms with Crippen LogP contribution in [-0.2, 0) is 10.3 Å². The van der Waals surface area contributed by atoms with E-state index in [1.807, 2.05) is 51.1 Å². The van der Waals surface area contributed by atoms with Gasteiger partial charge in [-0.3, -0.25) is 4.79 Å². The highest BCUT2D eigenvalue weighted by Crippen LogP contribution is 2.27. The molecular formula is C17H23N5O2. The molecule has 0 radical (unpaired) electrons. The molecule has 0 spiro atoms. The first-order chi connectivity index (χ1) is 11.4. The van der Waals surface area contributed by atoms with Crippen LogP contribution in [0.5, 0.6) is 0 Å². The van der Waals surface area contributed by atoms with Crippen LogP contribution >= 0.6 is 0 Å². The molecule has 0 unspecified atom stereocenters. The van der Waals surface area contributed by atoms with Crippen LogP contribution in [0.25, 0.3) is 0 Å². The van der Waals surface area contributed by atoms with Crippen molar-refractivity contribution in [2.45, 2.75) is 51.3 Å². The first-order valence-electron chi connectivity index (χ1n) is 8.21. The summed E-state index contributed by atoms with van der Waals surface area (Å²) in [5.74, 6) is -0.183. The van der Waals surface area contributed by atoms with Gasteiger partial charge in [-0.1, -0.05) is 30.3 Å². The lowest BCUT2D eigenvalue weighted by Gasteiger charge is -2.30. The Balaban J connectivity index is 1.63. The molecule has 1 aromatic carbocycles. The van der Waals surface area contributed by atoms with Gasteiger partial charge in [0.15, 0.2) is 0 Å². The summed E-state index contributed by atoms with van der Waals surface area (Å²) in [6.07, 6.45) is 1.52. The molecule has 7 heteroatoms. The maximum absolute atomic E-state index is 12.4. The van der Waals surface area contributed by atoms with Crippen LogP contribution in [0.15, 0.2) is 30.3 Å². The molecular weight excluding hydrogens is 306 g/mol. The number of benzene rings is 1. The average Bonchev–Trinajstić information content (AvgIpc) is 3.06. The number of aromatic nitrogens is 4. The smallest absolute Gasteiger partial charge is 0.293 e. The topological polar surface area (TPSA) is 81.9 Å². The number of ether oxygens (including phenoxy) is 1. The van der Waals surface area contributed by atoms with Gasteiger partial charge < -0.3 is 10.1 Å². The van der Waals surface area contributed by atoms with E-state index >= 15 is 0 Å². The zero-order chi connectivity index (χ0) is 17.2. The van der Waals surface area contributed by atoms with E-state index in [1.165, 1.54) is 4.80 Å². The Kier molecular flexibility index (Phi) is 4.62. The highest BCUT2D eigenvalue weighted by atomic mass is 16.5. The van der Waals surface area contributed by atoms with Crippen LogP contribution in [-0.4, -0.2) is 38.8 Å². The van der Waals surface area contributed by atoms with Crippen LogP contribution in [0, 0.1) is 0 Å². The summed E-state index contributed by atoms with van der Waals surface area (Å²) in [6, 6.07) is 10.1. The van der Waals surface area contributed by atoms with E-state index in [4.69, 9.17) is 4.74 Å². The number of carbonyl (C=O) groups is 1. The predicted octanol–water partition coefficient (Wildman–Crippen LogP) is 2.08. The van der Waals surface area contributed by atoms with Gasteiger partial charge in [0.2, 0.25) is 0 Å². The quantitative estimate of drug-likeness (QED) is 0.932. The molecule has 0 bridgehead atoms. The van der Waals surface area contributed by atoms with Gasteiger partial charge in [-0.05, 0) is 44.4 Å². The van der Waals surface area contributed by atoms with Gasteiger partial charge in [0, 0.05) is 12.6 Å². The SMILES string of the molecule is CC(C)(C)n1nnc(C(=O)N[C@H]2CCO[C@H](c3ccccc3)C2)n1. The fourth-order valence-corrected chi connectivity index (χ4v) is 2.67. The summed E-state index contributed by atoms with van der Waals surface area (Å²) in [5.41, 5.74) is 0.830. The van der Waals surface area contributed by atoms with Crippen LogP contribution in [0.2, 0.25) is 0 Å². The molecule has 3 rings (SSSR count). The van der Waals surface area contributed by atoms with Crippen molar-refractivity contribution in [3.63, 3.8) is 0 Å². The van der Waals surface area contributed by atoms with Crippen LogP contribution in [0.1, 0.15) is 55.9 Å². The number of rotatable bonds is 3. The normalized spacial score (nSPS) is 21.5. The van der Waals surface area contributed by atoms with Gasteiger partial charge in [0.1, 0.15) is 0 Å². The molecule has 1 amide bonds. The van der Waals surface area contributed by atoms with Crippen molar-refractivity contribution >= 4 is 5.91 Å².